The first-order valence-electron chi connectivity index (χ1n) is 6.66. The quantitative estimate of drug-likeness (QED) is 0.831. The minimum absolute atomic E-state index is 0.176. The summed E-state index contributed by atoms with van der Waals surface area (Å²) in [7, 11) is 0. The van der Waals surface area contributed by atoms with Gasteiger partial charge in [0.1, 0.15) is 5.69 Å². The van der Waals surface area contributed by atoms with Gasteiger partial charge in [-0.2, -0.15) is 13.2 Å². The van der Waals surface area contributed by atoms with Crippen molar-refractivity contribution in [2.45, 2.75) is 25.1 Å². The van der Waals surface area contributed by atoms with E-state index in [4.69, 9.17) is 6.42 Å². The fraction of sp³-hybridized carbons (Fsp3) is 0.267. The number of H-pyrrole nitrogens is 1. The predicted molar refractivity (Wildman–Crippen MR) is 77.2 cm³/mol. The molecule has 2 heterocycles. The molecule has 0 unspecified atom stereocenters. The molecule has 2 aromatic rings. The van der Waals surface area contributed by atoms with Gasteiger partial charge >= 0.3 is 6.18 Å². The summed E-state index contributed by atoms with van der Waals surface area (Å²) in [5.41, 5.74) is 0.586. The zero-order valence-electron chi connectivity index (χ0n) is 11.9. The molecule has 0 aliphatic carbocycles. The van der Waals surface area contributed by atoms with Gasteiger partial charge in [0.25, 0.3) is 5.91 Å². The summed E-state index contributed by atoms with van der Waals surface area (Å²) >= 11 is 0. The second-order valence-electron chi connectivity index (χ2n) is 4.77. The Labute approximate surface area is 130 Å². The highest BCUT2D eigenvalue weighted by molar-refractivity contribution is 5.95. The zero-order chi connectivity index (χ0) is 16.9. The molecule has 2 N–H and O–H groups in total. The average molecular weight is 322 g/mol. The molecule has 23 heavy (non-hydrogen) atoms. The molecule has 1 atom stereocenters. The number of rotatable bonds is 5. The molecule has 1 amide bonds. The Morgan fingerprint density at radius 2 is 2.17 bits per heavy atom. The van der Waals surface area contributed by atoms with Crippen molar-refractivity contribution >= 4 is 5.91 Å². The third-order valence-electron chi connectivity index (χ3n) is 2.94. The van der Waals surface area contributed by atoms with Gasteiger partial charge in [-0.25, -0.2) is 4.98 Å². The van der Waals surface area contributed by atoms with E-state index in [0.717, 1.165) is 0 Å². The van der Waals surface area contributed by atoms with E-state index < -0.39 is 24.5 Å². The Kier molecular flexibility index (Phi) is 5.01. The Morgan fingerprint density at radius 3 is 2.78 bits per heavy atom. The number of nitrogens with one attached hydrogen (secondary N) is 2. The second-order valence-corrected chi connectivity index (χ2v) is 4.77. The molecule has 2 aromatic heterocycles. The maximum atomic E-state index is 12.5. The molecule has 0 saturated carbocycles. The number of hydrogen-bond acceptors (Lipinski definition) is 3. The van der Waals surface area contributed by atoms with Gasteiger partial charge in [-0.05, 0) is 12.1 Å². The summed E-state index contributed by atoms with van der Waals surface area (Å²) in [4.78, 5) is 23.0. The van der Waals surface area contributed by atoms with Gasteiger partial charge in [0.05, 0.1) is 6.42 Å². The van der Waals surface area contributed by atoms with Gasteiger partial charge in [0.15, 0.2) is 5.82 Å². The molecule has 0 fully saturated rings. The lowest BCUT2D eigenvalue weighted by atomic mass is 10.1. The van der Waals surface area contributed by atoms with Crippen molar-refractivity contribution in [1.82, 2.24) is 20.3 Å². The number of aromatic amines is 1. The minimum atomic E-state index is -4.41. The second kappa shape index (κ2) is 6.96. The lowest BCUT2D eigenvalue weighted by Crippen LogP contribution is -2.38. The van der Waals surface area contributed by atoms with Gasteiger partial charge in [-0.1, -0.05) is 0 Å². The van der Waals surface area contributed by atoms with E-state index in [1.165, 1.54) is 24.5 Å². The first kappa shape index (κ1) is 16.5. The van der Waals surface area contributed by atoms with Gasteiger partial charge in [0, 0.05) is 36.6 Å². The fourth-order valence-electron chi connectivity index (χ4n) is 1.97. The van der Waals surface area contributed by atoms with Crippen molar-refractivity contribution in [3.8, 4) is 23.9 Å². The molecule has 0 radical (unpaired) electrons. The fourth-order valence-corrected chi connectivity index (χ4v) is 1.97. The molecule has 0 spiro atoms. The standard InChI is InChI=1S/C15H13F3N4O/c1-2-3-11(9-15(16,17)18)22-14(23)10-4-5-19-12(8-10)13-20-6-7-21-13/h1,4-8,11H,3,9H2,(H,20,21)(H,22,23)/t11-/m0/s1. The van der Waals surface area contributed by atoms with Gasteiger partial charge < -0.3 is 10.3 Å². The number of carbonyl (C=O) groups excluding carboxylic acids is 1. The normalized spacial score (nSPS) is 12.4. The van der Waals surface area contributed by atoms with Crippen LogP contribution in [0.3, 0.4) is 0 Å². The smallest absolute Gasteiger partial charge is 0.348 e. The zero-order valence-corrected chi connectivity index (χ0v) is 11.9. The van der Waals surface area contributed by atoms with E-state index in [1.807, 2.05) is 0 Å². The first-order chi connectivity index (χ1) is 10.9. The van der Waals surface area contributed by atoms with Crippen LogP contribution in [0.5, 0.6) is 0 Å². The molecule has 0 aliphatic heterocycles. The molecule has 8 heteroatoms. The highest BCUT2D eigenvalue weighted by Gasteiger charge is 2.32. The van der Waals surface area contributed by atoms with Crippen molar-refractivity contribution in [2.75, 3.05) is 0 Å². The topological polar surface area (TPSA) is 70.7 Å². The number of imidazole rings is 1. The third-order valence-corrected chi connectivity index (χ3v) is 2.94. The van der Waals surface area contributed by atoms with Crippen LogP contribution in [-0.4, -0.2) is 33.1 Å². The van der Waals surface area contributed by atoms with E-state index in [-0.39, 0.29) is 12.0 Å². The van der Waals surface area contributed by atoms with Crippen molar-refractivity contribution < 1.29 is 18.0 Å². The SMILES string of the molecule is C#CC[C@@H](CC(F)(F)F)NC(=O)c1ccnc(-c2ncc[nH]2)c1. The first-order valence-corrected chi connectivity index (χ1v) is 6.66. The number of pyridine rings is 1. The Bertz CT molecular complexity index is 704. The van der Waals surface area contributed by atoms with E-state index in [2.05, 4.69) is 26.2 Å². The highest BCUT2D eigenvalue weighted by Crippen LogP contribution is 2.23. The molecule has 0 saturated heterocycles. The van der Waals surface area contributed by atoms with Crippen LogP contribution in [-0.2, 0) is 0 Å². The van der Waals surface area contributed by atoms with Crippen LogP contribution in [0.1, 0.15) is 23.2 Å². The van der Waals surface area contributed by atoms with Gasteiger partial charge in [0.2, 0.25) is 0 Å². The Morgan fingerprint density at radius 1 is 1.39 bits per heavy atom. The molecule has 2 rings (SSSR count). The number of carbonyl (C=O) groups is 1. The van der Waals surface area contributed by atoms with Crippen LogP contribution in [0, 0.1) is 12.3 Å². The van der Waals surface area contributed by atoms with Gasteiger partial charge in [-0.3, -0.25) is 9.78 Å². The Hall–Kier alpha value is -2.82. The number of hydrogen-bond donors (Lipinski definition) is 2. The van der Waals surface area contributed by atoms with Crippen LogP contribution < -0.4 is 5.32 Å². The maximum absolute atomic E-state index is 12.5. The number of alkyl halides is 3. The van der Waals surface area contributed by atoms with Crippen molar-refractivity contribution in [1.29, 1.82) is 0 Å². The minimum Gasteiger partial charge on any atom is -0.348 e. The average Bonchev–Trinajstić information content (AvgIpc) is 3.00. The van der Waals surface area contributed by atoms with Gasteiger partial charge in [-0.15, -0.1) is 12.3 Å². The summed E-state index contributed by atoms with van der Waals surface area (Å²) in [6, 6.07) is 1.67. The summed E-state index contributed by atoms with van der Waals surface area (Å²) in [6.07, 6.45) is 3.76. The van der Waals surface area contributed by atoms with Crippen LogP contribution in [0.4, 0.5) is 13.2 Å². The van der Waals surface area contributed by atoms with Crippen LogP contribution in [0.15, 0.2) is 30.7 Å². The van der Waals surface area contributed by atoms with E-state index in [9.17, 15) is 18.0 Å². The maximum Gasteiger partial charge on any atom is 0.391 e. The molecule has 0 bridgehead atoms. The summed E-state index contributed by atoms with van der Waals surface area (Å²) in [5.74, 6) is 1.94. The summed E-state index contributed by atoms with van der Waals surface area (Å²) in [5, 5.41) is 2.30. The summed E-state index contributed by atoms with van der Waals surface area (Å²) in [6.45, 7) is 0. The van der Waals surface area contributed by atoms with E-state index >= 15 is 0 Å². The number of aromatic nitrogens is 3. The third kappa shape index (κ3) is 4.85. The number of terminal acetylenes is 1. The number of amides is 1. The monoisotopic (exact) mass is 322 g/mol. The molecule has 0 aliphatic rings. The number of halogens is 3. The van der Waals surface area contributed by atoms with Crippen LogP contribution in [0.25, 0.3) is 11.5 Å². The van der Waals surface area contributed by atoms with Crippen LogP contribution >= 0.6 is 0 Å². The van der Waals surface area contributed by atoms with Crippen molar-refractivity contribution in [2.24, 2.45) is 0 Å². The molecule has 0 aromatic carbocycles. The predicted octanol–water partition coefficient (Wildman–Crippen LogP) is 2.55. The molecule has 120 valence electrons. The summed E-state index contributed by atoms with van der Waals surface area (Å²) < 4.78 is 37.5. The largest absolute Gasteiger partial charge is 0.391 e. The van der Waals surface area contributed by atoms with Crippen LogP contribution in [0.2, 0.25) is 0 Å². The van der Waals surface area contributed by atoms with Crippen molar-refractivity contribution in [3.05, 3.63) is 36.3 Å². The molecular weight excluding hydrogens is 309 g/mol. The number of nitrogens with zero attached hydrogens (tertiary/aromatic N) is 2. The Balaban J connectivity index is 2.13. The van der Waals surface area contributed by atoms with Crippen molar-refractivity contribution in [3.63, 3.8) is 0 Å². The lowest BCUT2D eigenvalue weighted by molar-refractivity contribution is -0.139. The molecular formula is C15H13F3N4O. The highest BCUT2D eigenvalue weighted by atomic mass is 19.4. The van der Waals surface area contributed by atoms with E-state index in [0.29, 0.717) is 11.5 Å². The van der Waals surface area contributed by atoms with E-state index in [1.54, 1.807) is 6.20 Å². The molecule has 5 nitrogen and oxygen atoms in total. The lowest BCUT2D eigenvalue weighted by Gasteiger charge is -2.18.